The molecule has 0 unspecified atom stereocenters. The number of aromatic nitrogens is 4. The van der Waals surface area contributed by atoms with Crippen LogP contribution in [0.3, 0.4) is 0 Å². The van der Waals surface area contributed by atoms with Crippen LogP contribution < -0.4 is 0 Å². The Labute approximate surface area is 171 Å². The second-order valence-corrected chi connectivity index (χ2v) is 7.40. The molecule has 8 nitrogen and oxygen atoms in total. The molecule has 0 spiro atoms. The van der Waals surface area contributed by atoms with E-state index in [2.05, 4.69) is 15.2 Å². The lowest BCUT2D eigenvalue weighted by molar-refractivity contribution is 0.0664. The molecule has 1 aliphatic heterocycles. The first-order valence-electron chi connectivity index (χ1n) is 9.11. The van der Waals surface area contributed by atoms with Crippen molar-refractivity contribution in [2.24, 2.45) is 0 Å². The summed E-state index contributed by atoms with van der Waals surface area (Å²) in [7, 11) is 1.64. The lowest BCUT2D eigenvalue weighted by Gasteiger charge is -2.14. The Bertz CT molecular complexity index is 1000. The van der Waals surface area contributed by atoms with E-state index in [1.807, 2.05) is 16.7 Å². The zero-order chi connectivity index (χ0) is 20.2. The number of thioether (sulfide) groups is 1. The second-order valence-electron chi connectivity index (χ2n) is 6.34. The number of benzene rings is 1. The minimum absolute atomic E-state index is 0.246. The van der Waals surface area contributed by atoms with Gasteiger partial charge in [-0.3, -0.25) is 24.0 Å². The van der Waals surface area contributed by atoms with Crippen molar-refractivity contribution < 1.29 is 14.3 Å². The van der Waals surface area contributed by atoms with Crippen molar-refractivity contribution in [2.45, 2.75) is 11.7 Å². The number of hydrogen-bond donors (Lipinski definition) is 0. The van der Waals surface area contributed by atoms with Crippen molar-refractivity contribution in [3.8, 4) is 11.4 Å². The molecule has 2 amide bonds. The third-order valence-corrected chi connectivity index (χ3v) is 5.55. The van der Waals surface area contributed by atoms with E-state index in [4.69, 9.17) is 4.74 Å². The van der Waals surface area contributed by atoms with Crippen LogP contribution in [0.2, 0.25) is 0 Å². The highest BCUT2D eigenvalue weighted by Crippen LogP contribution is 2.26. The molecule has 0 saturated carbocycles. The van der Waals surface area contributed by atoms with Crippen LogP contribution in [0.1, 0.15) is 20.7 Å². The molecule has 0 aliphatic carbocycles. The fourth-order valence-electron chi connectivity index (χ4n) is 3.16. The number of imide groups is 1. The predicted octanol–water partition coefficient (Wildman–Crippen LogP) is 2.37. The quantitative estimate of drug-likeness (QED) is 0.417. The van der Waals surface area contributed by atoms with Gasteiger partial charge in [0.15, 0.2) is 11.0 Å². The average Bonchev–Trinajstić information content (AvgIpc) is 3.27. The van der Waals surface area contributed by atoms with E-state index in [1.165, 1.54) is 16.7 Å². The van der Waals surface area contributed by atoms with Gasteiger partial charge in [0, 0.05) is 37.4 Å². The van der Waals surface area contributed by atoms with E-state index >= 15 is 0 Å². The van der Waals surface area contributed by atoms with E-state index in [1.54, 1.807) is 43.8 Å². The Hall–Kier alpha value is -3.04. The Kier molecular flexibility index (Phi) is 5.68. The number of amides is 2. The first-order valence-corrected chi connectivity index (χ1v) is 10.1. The third-order valence-electron chi connectivity index (χ3n) is 4.60. The predicted molar refractivity (Wildman–Crippen MR) is 108 cm³/mol. The van der Waals surface area contributed by atoms with Gasteiger partial charge in [0.1, 0.15) is 0 Å². The van der Waals surface area contributed by atoms with Crippen LogP contribution in [-0.2, 0) is 11.3 Å². The van der Waals surface area contributed by atoms with Gasteiger partial charge < -0.3 is 4.74 Å². The van der Waals surface area contributed by atoms with E-state index in [-0.39, 0.29) is 11.8 Å². The molecule has 0 bridgehead atoms. The number of fused-ring (bicyclic) bond motifs is 1. The summed E-state index contributed by atoms with van der Waals surface area (Å²) in [5.41, 5.74) is 1.84. The van der Waals surface area contributed by atoms with Crippen LogP contribution in [0.25, 0.3) is 11.4 Å². The van der Waals surface area contributed by atoms with Crippen LogP contribution >= 0.6 is 11.8 Å². The van der Waals surface area contributed by atoms with E-state index in [9.17, 15) is 9.59 Å². The molecule has 9 heteroatoms. The molecule has 0 fully saturated rings. The number of rotatable bonds is 8. The maximum Gasteiger partial charge on any atom is 0.261 e. The van der Waals surface area contributed by atoms with Crippen molar-refractivity contribution in [3.63, 3.8) is 0 Å². The van der Waals surface area contributed by atoms with Crippen LogP contribution in [0, 0.1) is 0 Å². The molecule has 148 valence electrons. The maximum atomic E-state index is 12.5. The van der Waals surface area contributed by atoms with Crippen LogP contribution in [0.4, 0.5) is 0 Å². The lowest BCUT2D eigenvalue weighted by atomic mass is 10.1. The molecule has 0 N–H and O–H groups in total. The maximum absolute atomic E-state index is 12.5. The summed E-state index contributed by atoms with van der Waals surface area (Å²) in [6.45, 7) is 1.41. The number of carbonyl (C=O) groups is 2. The number of carbonyl (C=O) groups excluding carboxylic acids is 2. The first-order chi connectivity index (χ1) is 14.2. The van der Waals surface area contributed by atoms with Gasteiger partial charge in [-0.1, -0.05) is 23.9 Å². The van der Waals surface area contributed by atoms with Crippen LogP contribution in [-0.4, -0.2) is 62.5 Å². The summed E-state index contributed by atoms with van der Waals surface area (Å²) in [6, 6.07) is 10.7. The van der Waals surface area contributed by atoms with Crippen molar-refractivity contribution in [2.75, 3.05) is 26.0 Å². The van der Waals surface area contributed by atoms with Gasteiger partial charge in [-0.05, 0) is 24.3 Å². The monoisotopic (exact) mass is 409 g/mol. The van der Waals surface area contributed by atoms with Gasteiger partial charge in [-0.2, -0.15) is 0 Å². The number of pyridine rings is 1. The molecule has 4 rings (SSSR count). The smallest absolute Gasteiger partial charge is 0.261 e. The highest BCUT2D eigenvalue weighted by Gasteiger charge is 2.34. The Morgan fingerprint density at radius 2 is 1.66 bits per heavy atom. The average molecular weight is 409 g/mol. The van der Waals surface area contributed by atoms with E-state index in [0.717, 1.165) is 11.4 Å². The second kappa shape index (κ2) is 8.54. The van der Waals surface area contributed by atoms with Crippen LogP contribution in [0.15, 0.2) is 53.9 Å². The Balaban J connectivity index is 1.47. The molecule has 1 aliphatic rings. The molecule has 1 aromatic carbocycles. The zero-order valence-corrected chi connectivity index (χ0v) is 16.6. The van der Waals surface area contributed by atoms with Crippen molar-refractivity contribution >= 4 is 23.6 Å². The van der Waals surface area contributed by atoms with E-state index in [0.29, 0.717) is 41.7 Å². The summed E-state index contributed by atoms with van der Waals surface area (Å²) < 4.78 is 7.19. The summed E-state index contributed by atoms with van der Waals surface area (Å²) >= 11 is 1.45. The molecular formula is C20H19N5O3S. The SMILES string of the molecule is COCCn1c(SCCN2C(=O)c3ccccc3C2=O)nnc1-c1ccncc1. The van der Waals surface area contributed by atoms with Crippen molar-refractivity contribution in [3.05, 3.63) is 59.9 Å². The normalized spacial score (nSPS) is 13.2. The summed E-state index contributed by atoms with van der Waals surface area (Å²) in [5, 5.41) is 9.33. The molecule has 0 saturated heterocycles. The van der Waals surface area contributed by atoms with Gasteiger partial charge in [0.2, 0.25) is 0 Å². The fraction of sp³-hybridized carbons (Fsp3) is 0.250. The van der Waals surface area contributed by atoms with Gasteiger partial charge in [-0.15, -0.1) is 10.2 Å². The number of ether oxygens (including phenoxy) is 1. The van der Waals surface area contributed by atoms with Crippen LogP contribution in [0.5, 0.6) is 0 Å². The summed E-state index contributed by atoms with van der Waals surface area (Å²) in [5.74, 6) is 0.758. The molecule has 3 heterocycles. The summed E-state index contributed by atoms with van der Waals surface area (Å²) in [4.78, 5) is 30.3. The van der Waals surface area contributed by atoms with Gasteiger partial charge in [-0.25, -0.2) is 0 Å². The standard InChI is InChI=1S/C20H19N5O3S/c1-28-12-10-24-17(14-6-8-21-9-7-14)22-23-20(24)29-13-11-25-18(26)15-4-2-3-5-16(15)19(25)27/h2-9H,10-13H2,1H3. The topological polar surface area (TPSA) is 90.2 Å². The minimum atomic E-state index is -0.246. The number of hydrogen-bond acceptors (Lipinski definition) is 7. The molecule has 29 heavy (non-hydrogen) atoms. The van der Waals surface area contributed by atoms with Gasteiger partial charge >= 0.3 is 0 Å². The zero-order valence-electron chi connectivity index (χ0n) is 15.8. The molecular weight excluding hydrogens is 390 g/mol. The first kappa shape index (κ1) is 19.3. The number of methoxy groups -OCH3 is 1. The van der Waals surface area contributed by atoms with Crippen molar-refractivity contribution in [1.29, 1.82) is 0 Å². The van der Waals surface area contributed by atoms with Gasteiger partial charge in [0.05, 0.1) is 24.3 Å². The number of nitrogens with zero attached hydrogens (tertiary/aromatic N) is 5. The minimum Gasteiger partial charge on any atom is -0.383 e. The Morgan fingerprint density at radius 1 is 0.966 bits per heavy atom. The molecule has 2 aromatic heterocycles. The van der Waals surface area contributed by atoms with E-state index < -0.39 is 0 Å². The Morgan fingerprint density at radius 3 is 2.31 bits per heavy atom. The largest absolute Gasteiger partial charge is 0.383 e. The highest BCUT2D eigenvalue weighted by molar-refractivity contribution is 7.99. The fourth-order valence-corrected chi connectivity index (χ4v) is 4.05. The molecule has 0 radical (unpaired) electrons. The third kappa shape index (κ3) is 3.79. The highest BCUT2D eigenvalue weighted by atomic mass is 32.2. The van der Waals surface area contributed by atoms with Gasteiger partial charge in [0.25, 0.3) is 11.8 Å². The molecule has 0 atom stereocenters. The lowest BCUT2D eigenvalue weighted by Crippen LogP contribution is -2.31. The van der Waals surface area contributed by atoms with Crippen molar-refractivity contribution in [1.82, 2.24) is 24.6 Å². The molecule has 3 aromatic rings. The summed E-state index contributed by atoms with van der Waals surface area (Å²) in [6.07, 6.45) is 3.42.